The van der Waals surface area contributed by atoms with Gasteiger partial charge in [-0.05, 0) is 30.3 Å². The molecule has 0 spiro atoms. The van der Waals surface area contributed by atoms with Crippen LogP contribution in [-0.2, 0) is 11.2 Å². The number of halogens is 2. The Bertz CT molecular complexity index is 622. The Labute approximate surface area is 133 Å². The zero-order valence-corrected chi connectivity index (χ0v) is 12.7. The molecular formula is C16H14Cl2N2O. The van der Waals surface area contributed by atoms with E-state index in [1.165, 1.54) is 6.08 Å². The predicted molar refractivity (Wildman–Crippen MR) is 86.4 cm³/mol. The van der Waals surface area contributed by atoms with Crippen LogP contribution in [0.5, 0.6) is 0 Å². The lowest BCUT2D eigenvalue weighted by Crippen LogP contribution is -2.23. The number of pyridine rings is 1. The SMILES string of the molecule is O=C(/C=C/c1c(Cl)cccc1Cl)NCCc1ccccn1. The molecular weight excluding hydrogens is 307 g/mol. The van der Waals surface area contributed by atoms with E-state index >= 15 is 0 Å². The Morgan fingerprint density at radius 3 is 2.57 bits per heavy atom. The van der Waals surface area contributed by atoms with E-state index in [9.17, 15) is 4.79 Å². The average molecular weight is 321 g/mol. The van der Waals surface area contributed by atoms with Gasteiger partial charge in [0.05, 0.1) is 0 Å². The van der Waals surface area contributed by atoms with Gasteiger partial charge in [0.15, 0.2) is 0 Å². The van der Waals surface area contributed by atoms with Crippen LogP contribution in [-0.4, -0.2) is 17.4 Å². The van der Waals surface area contributed by atoms with Gasteiger partial charge in [0, 0.05) is 46.5 Å². The van der Waals surface area contributed by atoms with Gasteiger partial charge in [0.25, 0.3) is 0 Å². The quantitative estimate of drug-likeness (QED) is 0.852. The van der Waals surface area contributed by atoms with Crippen molar-refractivity contribution in [3.8, 4) is 0 Å². The summed E-state index contributed by atoms with van der Waals surface area (Å²) >= 11 is 12.0. The lowest BCUT2D eigenvalue weighted by atomic mass is 10.2. The molecule has 0 bridgehead atoms. The summed E-state index contributed by atoms with van der Waals surface area (Å²) in [6, 6.07) is 10.9. The molecule has 0 unspecified atom stereocenters. The zero-order valence-electron chi connectivity index (χ0n) is 11.2. The standard InChI is InChI=1S/C16H14Cl2N2O/c17-14-5-3-6-15(18)13(14)7-8-16(21)20-11-9-12-4-1-2-10-19-12/h1-8,10H,9,11H2,(H,20,21)/b8-7+. The molecule has 1 amide bonds. The second-order valence-electron chi connectivity index (χ2n) is 4.33. The number of carbonyl (C=O) groups is 1. The van der Waals surface area contributed by atoms with Crippen LogP contribution in [0.15, 0.2) is 48.7 Å². The molecule has 1 heterocycles. The molecule has 0 fully saturated rings. The maximum atomic E-state index is 11.7. The van der Waals surface area contributed by atoms with Crippen LogP contribution < -0.4 is 5.32 Å². The molecule has 0 atom stereocenters. The van der Waals surface area contributed by atoms with E-state index in [0.29, 0.717) is 28.6 Å². The van der Waals surface area contributed by atoms with E-state index < -0.39 is 0 Å². The summed E-state index contributed by atoms with van der Waals surface area (Å²) in [5.74, 6) is -0.193. The van der Waals surface area contributed by atoms with Gasteiger partial charge in [-0.1, -0.05) is 35.3 Å². The Hall–Kier alpha value is -1.84. The molecule has 2 aromatic rings. The minimum absolute atomic E-state index is 0.193. The summed E-state index contributed by atoms with van der Waals surface area (Å²) in [6.07, 6.45) is 5.45. The molecule has 108 valence electrons. The van der Waals surface area contributed by atoms with Crippen molar-refractivity contribution in [1.82, 2.24) is 10.3 Å². The molecule has 21 heavy (non-hydrogen) atoms. The van der Waals surface area contributed by atoms with Crippen molar-refractivity contribution in [3.63, 3.8) is 0 Å². The Kier molecular flexibility index (Phi) is 5.78. The average Bonchev–Trinajstić information content (AvgIpc) is 2.48. The number of nitrogens with zero attached hydrogens (tertiary/aromatic N) is 1. The van der Waals surface area contributed by atoms with E-state index in [1.807, 2.05) is 18.2 Å². The van der Waals surface area contributed by atoms with Crippen molar-refractivity contribution >= 4 is 35.2 Å². The van der Waals surface area contributed by atoms with E-state index in [1.54, 1.807) is 30.5 Å². The van der Waals surface area contributed by atoms with Crippen LogP contribution in [0.2, 0.25) is 10.0 Å². The second kappa shape index (κ2) is 7.81. The van der Waals surface area contributed by atoms with Gasteiger partial charge in [-0.3, -0.25) is 9.78 Å². The summed E-state index contributed by atoms with van der Waals surface area (Å²) in [6.45, 7) is 0.524. The summed E-state index contributed by atoms with van der Waals surface area (Å²) < 4.78 is 0. The molecule has 0 aliphatic carbocycles. The fourth-order valence-corrected chi connectivity index (χ4v) is 2.27. The Balaban J connectivity index is 1.86. The van der Waals surface area contributed by atoms with Crippen molar-refractivity contribution in [1.29, 1.82) is 0 Å². The molecule has 1 aromatic carbocycles. The molecule has 1 aromatic heterocycles. The fraction of sp³-hybridized carbons (Fsp3) is 0.125. The molecule has 0 aliphatic heterocycles. The number of amides is 1. The van der Waals surface area contributed by atoms with Crippen LogP contribution in [0.25, 0.3) is 6.08 Å². The molecule has 3 nitrogen and oxygen atoms in total. The van der Waals surface area contributed by atoms with E-state index in [0.717, 1.165) is 5.69 Å². The highest BCUT2D eigenvalue weighted by Gasteiger charge is 2.02. The predicted octanol–water partition coefficient (Wildman–Crippen LogP) is 3.76. The summed E-state index contributed by atoms with van der Waals surface area (Å²) in [7, 11) is 0. The first kappa shape index (κ1) is 15.5. The minimum Gasteiger partial charge on any atom is -0.352 e. The Morgan fingerprint density at radius 2 is 1.90 bits per heavy atom. The lowest BCUT2D eigenvalue weighted by molar-refractivity contribution is -0.116. The maximum absolute atomic E-state index is 11.7. The molecule has 1 N–H and O–H groups in total. The van der Waals surface area contributed by atoms with Gasteiger partial charge < -0.3 is 5.32 Å². The van der Waals surface area contributed by atoms with Gasteiger partial charge in [-0.15, -0.1) is 0 Å². The highest BCUT2D eigenvalue weighted by atomic mass is 35.5. The number of benzene rings is 1. The minimum atomic E-state index is -0.193. The van der Waals surface area contributed by atoms with Crippen LogP contribution >= 0.6 is 23.2 Å². The summed E-state index contributed by atoms with van der Waals surface area (Å²) in [4.78, 5) is 15.9. The second-order valence-corrected chi connectivity index (χ2v) is 5.15. The molecule has 0 radical (unpaired) electrons. The van der Waals surface area contributed by atoms with Crippen molar-refractivity contribution in [2.24, 2.45) is 0 Å². The summed E-state index contributed by atoms with van der Waals surface area (Å²) in [5.41, 5.74) is 1.58. The van der Waals surface area contributed by atoms with Crippen LogP contribution in [0.4, 0.5) is 0 Å². The largest absolute Gasteiger partial charge is 0.352 e. The van der Waals surface area contributed by atoms with Crippen molar-refractivity contribution in [2.45, 2.75) is 6.42 Å². The maximum Gasteiger partial charge on any atom is 0.244 e. The van der Waals surface area contributed by atoms with Gasteiger partial charge in [-0.2, -0.15) is 0 Å². The molecule has 0 saturated heterocycles. The third-order valence-corrected chi connectivity index (χ3v) is 3.47. The lowest BCUT2D eigenvalue weighted by Gasteiger charge is -2.03. The van der Waals surface area contributed by atoms with Crippen LogP contribution in [0.1, 0.15) is 11.3 Å². The number of aromatic nitrogens is 1. The number of nitrogens with one attached hydrogen (secondary N) is 1. The van der Waals surface area contributed by atoms with Crippen molar-refractivity contribution in [2.75, 3.05) is 6.54 Å². The first-order valence-corrected chi connectivity index (χ1v) is 7.22. The van der Waals surface area contributed by atoms with Gasteiger partial charge >= 0.3 is 0 Å². The van der Waals surface area contributed by atoms with E-state index in [4.69, 9.17) is 23.2 Å². The highest BCUT2D eigenvalue weighted by molar-refractivity contribution is 6.37. The normalized spacial score (nSPS) is 10.8. The monoisotopic (exact) mass is 320 g/mol. The molecule has 5 heteroatoms. The smallest absolute Gasteiger partial charge is 0.244 e. The van der Waals surface area contributed by atoms with Crippen molar-refractivity contribution in [3.05, 3.63) is 70.0 Å². The number of carbonyl (C=O) groups excluding carboxylic acids is 1. The van der Waals surface area contributed by atoms with E-state index in [-0.39, 0.29) is 5.91 Å². The number of rotatable bonds is 5. The van der Waals surface area contributed by atoms with Gasteiger partial charge in [0.2, 0.25) is 5.91 Å². The topological polar surface area (TPSA) is 42.0 Å². The third-order valence-electron chi connectivity index (χ3n) is 2.81. The highest BCUT2D eigenvalue weighted by Crippen LogP contribution is 2.25. The third kappa shape index (κ3) is 4.88. The first-order valence-electron chi connectivity index (χ1n) is 6.46. The Morgan fingerprint density at radius 1 is 1.14 bits per heavy atom. The fourth-order valence-electron chi connectivity index (χ4n) is 1.75. The van der Waals surface area contributed by atoms with Crippen LogP contribution in [0, 0.1) is 0 Å². The number of hydrogen-bond donors (Lipinski definition) is 1. The van der Waals surface area contributed by atoms with E-state index in [2.05, 4.69) is 10.3 Å². The van der Waals surface area contributed by atoms with Gasteiger partial charge in [-0.25, -0.2) is 0 Å². The van der Waals surface area contributed by atoms with Crippen LogP contribution in [0.3, 0.4) is 0 Å². The summed E-state index contributed by atoms with van der Waals surface area (Å²) in [5, 5.41) is 3.82. The zero-order chi connectivity index (χ0) is 15.1. The first-order chi connectivity index (χ1) is 10.2. The van der Waals surface area contributed by atoms with Crippen molar-refractivity contribution < 1.29 is 4.79 Å². The number of hydrogen-bond acceptors (Lipinski definition) is 2. The molecule has 0 aliphatic rings. The van der Waals surface area contributed by atoms with Gasteiger partial charge in [0.1, 0.15) is 0 Å². The molecule has 0 saturated carbocycles. The molecule has 2 rings (SSSR count).